The summed E-state index contributed by atoms with van der Waals surface area (Å²) >= 11 is 0. The highest BCUT2D eigenvalue weighted by Gasteiger charge is 2.29. The predicted octanol–water partition coefficient (Wildman–Crippen LogP) is 1.63. The minimum atomic E-state index is -1.16. The highest BCUT2D eigenvalue weighted by molar-refractivity contribution is 5.84. The van der Waals surface area contributed by atoms with Gasteiger partial charge in [0.15, 0.2) is 5.69 Å². The van der Waals surface area contributed by atoms with Crippen LogP contribution in [-0.4, -0.2) is 32.0 Å². The molecule has 1 saturated carbocycles. The van der Waals surface area contributed by atoms with Crippen molar-refractivity contribution in [1.82, 2.24) is 20.3 Å². The van der Waals surface area contributed by atoms with Crippen molar-refractivity contribution in [2.24, 2.45) is 5.92 Å². The van der Waals surface area contributed by atoms with E-state index in [9.17, 15) is 9.59 Å². The molecule has 7 nitrogen and oxygen atoms in total. The highest BCUT2D eigenvalue weighted by atomic mass is 16.4. The fourth-order valence-corrected chi connectivity index (χ4v) is 2.75. The molecule has 3 rings (SSSR count). The van der Waals surface area contributed by atoms with Gasteiger partial charge in [-0.3, -0.25) is 4.79 Å². The summed E-state index contributed by atoms with van der Waals surface area (Å²) < 4.78 is 1.24. The van der Waals surface area contributed by atoms with Gasteiger partial charge in [0.25, 0.3) is 0 Å². The summed E-state index contributed by atoms with van der Waals surface area (Å²) in [5, 5.41) is 19.0. The average molecular weight is 314 g/mol. The maximum Gasteiger partial charge on any atom is 0.358 e. The normalized spacial score (nSPS) is 15.7. The van der Waals surface area contributed by atoms with E-state index >= 15 is 0 Å². The van der Waals surface area contributed by atoms with Crippen molar-refractivity contribution in [3.8, 4) is 0 Å². The maximum absolute atomic E-state index is 12.3. The zero-order valence-electron chi connectivity index (χ0n) is 12.6. The molecule has 1 aromatic heterocycles. The topological polar surface area (TPSA) is 97.1 Å². The molecule has 120 valence electrons. The number of carboxylic acids is 1. The van der Waals surface area contributed by atoms with Gasteiger partial charge in [-0.2, -0.15) is 0 Å². The van der Waals surface area contributed by atoms with Crippen molar-refractivity contribution in [3.05, 3.63) is 47.8 Å². The fourth-order valence-electron chi connectivity index (χ4n) is 2.75. The molecule has 23 heavy (non-hydrogen) atoms. The number of carboxylic acid groups (broad SMARTS) is 1. The van der Waals surface area contributed by atoms with Crippen LogP contribution in [0.1, 0.15) is 41.4 Å². The Labute approximate surface area is 133 Å². The van der Waals surface area contributed by atoms with Crippen molar-refractivity contribution < 1.29 is 14.7 Å². The third-order valence-corrected chi connectivity index (χ3v) is 4.16. The van der Waals surface area contributed by atoms with Gasteiger partial charge in [-0.25, -0.2) is 9.48 Å². The van der Waals surface area contributed by atoms with Crippen LogP contribution in [-0.2, 0) is 11.3 Å². The molecule has 0 radical (unpaired) electrons. The molecule has 2 N–H and O–H groups in total. The minimum Gasteiger partial charge on any atom is -0.476 e. The zero-order chi connectivity index (χ0) is 16.2. The van der Waals surface area contributed by atoms with E-state index in [4.69, 9.17) is 5.11 Å². The number of benzene rings is 1. The molecule has 7 heteroatoms. The molecular weight excluding hydrogens is 296 g/mol. The number of hydrogen-bond acceptors (Lipinski definition) is 4. The number of nitrogens with zero attached hydrogens (tertiary/aromatic N) is 3. The van der Waals surface area contributed by atoms with E-state index in [0.717, 1.165) is 18.4 Å². The molecule has 1 fully saturated rings. The van der Waals surface area contributed by atoms with Gasteiger partial charge in [-0.1, -0.05) is 42.0 Å². The molecular formula is C16H18N4O3. The fraction of sp³-hybridized carbons (Fsp3) is 0.375. The van der Waals surface area contributed by atoms with Crippen LogP contribution in [0, 0.1) is 5.92 Å². The monoisotopic (exact) mass is 314 g/mol. The first-order valence-corrected chi connectivity index (χ1v) is 7.61. The second kappa shape index (κ2) is 6.60. The molecule has 1 aliphatic carbocycles. The zero-order valence-corrected chi connectivity index (χ0v) is 12.6. The van der Waals surface area contributed by atoms with Crippen LogP contribution in [0.4, 0.5) is 0 Å². The standard InChI is InChI=1S/C16H18N4O3/c21-14(10-20-9-13(16(22)23)18-19-20)17-15(12-7-4-8-12)11-5-2-1-3-6-11/h1-3,5-6,9,12,15H,4,7-8,10H2,(H,17,21)(H,22,23). The van der Waals surface area contributed by atoms with Gasteiger partial charge in [0.1, 0.15) is 6.54 Å². The molecule has 0 bridgehead atoms. The summed E-state index contributed by atoms with van der Waals surface area (Å²) in [6.07, 6.45) is 4.65. The molecule has 0 aliphatic heterocycles. The van der Waals surface area contributed by atoms with Gasteiger partial charge in [0, 0.05) is 0 Å². The molecule has 1 amide bonds. The second-order valence-electron chi connectivity index (χ2n) is 5.75. The molecule has 0 saturated heterocycles. The number of nitrogens with one attached hydrogen (secondary N) is 1. The second-order valence-corrected chi connectivity index (χ2v) is 5.75. The Balaban J connectivity index is 1.67. The Kier molecular flexibility index (Phi) is 4.36. The Morgan fingerprint density at radius 1 is 1.30 bits per heavy atom. The number of aromatic nitrogens is 3. The molecule has 2 aromatic rings. The summed E-state index contributed by atoms with van der Waals surface area (Å²) in [7, 11) is 0. The van der Waals surface area contributed by atoms with Crippen molar-refractivity contribution in [3.63, 3.8) is 0 Å². The van der Waals surface area contributed by atoms with Crippen LogP contribution in [0.3, 0.4) is 0 Å². The van der Waals surface area contributed by atoms with E-state index in [0.29, 0.717) is 5.92 Å². The van der Waals surface area contributed by atoms with E-state index in [1.165, 1.54) is 17.3 Å². The summed E-state index contributed by atoms with van der Waals surface area (Å²) in [5.41, 5.74) is 0.923. The number of amides is 1. The van der Waals surface area contributed by atoms with E-state index < -0.39 is 5.97 Å². The van der Waals surface area contributed by atoms with Crippen LogP contribution < -0.4 is 5.32 Å². The molecule has 1 unspecified atom stereocenters. The van der Waals surface area contributed by atoms with E-state index in [1.54, 1.807) is 0 Å². The van der Waals surface area contributed by atoms with Crippen molar-refractivity contribution in [2.75, 3.05) is 0 Å². The van der Waals surface area contributed by atoms with Gasteiger partial charge >= 0.3 is 5.97 Å². The summed E-state index contributed by atoms with van der Waals surface area (Å²) in [5.74, 6) is -0.910. The van der Waals surface area contributed by atoms with E-state index in [-0.39, 0.29) is 24.2 Å². The van der Waals surface area contributed by atoms with Crippen molar-refractivity contribution in [2.45, 2.75) is 31.8 Å². The number of hydrogen-bond donors (Lipinski definition) is 2. The summed E-state index contributed by atoms with van der Waals surface area (Å²) in [6, 6.07) is 9.89. The average Bonchev–Trinajstić information content (AvgIpc) is 2.94. The van der Waals surface area contributed by atoms with Crippen LogP contribution >= 0.6 is 0 Å². The third-order valence-electron chi connectivity index (χ3n) is 4.16. The molecule has 1 aromatic carbocycles. The lowest BCUT2D eigenvalue weighted by Crippen LogP contribution is -2.38. The maximum atomic E-state index is 12.3. The van der Waals surface area contributed by atoms with Crippen molar-refractivity contribution in [1.29, 1.82) is 0 Å². The SMILES string of the molecule is O=C(Cn1cc(C(=O)O)nn1)NC(c1ccccc1)C1CCC1. The van der Waals surface area contributed by atoms with Crippen molar-refractivity contribution >= 4 is 11.9 Å². The van der Waals surface area contributed by atoms with Gasteiger partial charge < -0.3 is 10.4 Å². The number of carbonyl (C=O) groups is 2. The van der Waals surface area contributed by atoms with Gasteiger partial charge in [0.05, 0.1) is 12.2 Å². The van der Waals surface area contributed by atoms with Crippen LogP contribution in [0.25, 0.3) is 0 Å². The first kappa shape index (κ1) is 15.2. The lowest BCUT2D eigenvalue weighted by Gasteiger charge is -2.34. The Morgan fingerprint density at radius 2 is 2.04 bits per heavy atom. The highest BCUT2D eigenvalue weighted by Crippen LogP contribution is 2.37. The Bertz CT molecular complexity index is 694. The Morgan fingerprint density at radius 3 is 2.61 bits per heavy atom. The molecule has 0 spiro atoms. The third kappa shape index (κ3) is 3.56. The lowest BCUT2D eigenvalue weighted by molar-refractivity contribution is -0.123. The molecule has 1 heterocycles. The van der Waals surface area contributed by atoms with E-state index in [2.05, 4.69) is 15.6 Å². The largest absolute Gasteiger partial charge is 0.476 e. The summed E-state index contributed by atoms with van der Waals surface area (Å²) in [6.45, 7) is -0.0453. The van der Waals surface area contributed by atoms with Crippen LogP contribution in [0.5, 0.6) is 0 Å². The number of aromatic carboxylic acids is 1. The first-order chi connectivity index (χ1) is 11.1. The Hall–Kier alpha value is -2.70. The summed E-state index contributed by atoms with van der Waals surface area (Å²) in [4.78, 5) is 23.1. The van der Waals surface area contributed by atoms with Gasteiger partial charge in [-0.05, 0) is 24.3 Å². The number of carbonyl (C=O) groups excluding carboxylic acids is 1. The molecule has 1 atom stereocenters. The minimum absolute atomic E-state index is 0.0140. The lowest BCUT2D eigenvalue weighted by atomic mass is 9.77. The van der Waals surface area contributed by atoms with E-state index in [1.807, 2.05) is 30.3 Å². The predicted molar refractivity (Wildman–Crippen MR) is 81.6 cm³/mol. The van der Waals surface area contributed by atoms with Gasteiger partial charge in [-0.15, -0.1) is 5.10 Å². The quantitative estimate of drug-likeness (QED) is 0.844. The van der Waals surface area contributed by atoms with Crippen LogP contribution in [0.15, 0.2) is 36.5 Å². The first-order valence-electron chi connectivity index (χ1n) is 7.61. The smallest absolute Gasteiger partial charge is 0.358 e. The molecule has 1 aliphatic rings. The number of rotatable bonds is 6. The van der Waals surface area contributed by atoms with Gasteiger partial charge in [0.2, 0.25) is 5.91 Å². The van der Waals surface area contributed by atoms with Crippen LogP contribution in [0.2, 0.25) is 0 Å².